The zero-order valence-electron chi connectivity index (χ0n) is 11.6. The number of likely N-dealkylation sites (tertiary alicyclic amines) is 1. The van der Waals surface area contributed by atoms with Crippen molar-refractivity contribution in [1.82, 2.24) is 4.90 Å². The maximum atomic E-state index is 11.1. The van der Waals surface area contributed by atoms with Crippen LogP contribution in [0, 0.1) is 0 Å². The summed E-state index contributed by atoms with van der Waals surface area (Å²) in [5, 5.41) is 9.10. The summed E-state index contributed by atoms with van der Waals surface area (Å²) in [6.45, 7) is 4.30. The molecule has 0 bridgehead atoms. The first kappa shape index (κ1) is 14.1. The third-order valence-corrected chi connectivity index (χ3v) is 4.06. The summed E-state index contributed by atoms with van der Waals surface area (Å²) < 4.78 is 0. The number of hydrogen-bond acceptors (Lipinski definition) is 2. The maximum absolute atomic E-state index is 11.1. The number of rotatable bonds is 6. The van der Waals surface area contributed by atoms with Gasteiger partial charge in [-0.2, -0.15) is 0 Å². The van der Waals surface area contributed by atoms with E-state index in [2.05, 4.69) is 24.0 Å². The Morgan fingerprint density at radius 2 is 1.89 bits per heavy atom. The van der Waals surface area contributed by atoms with E-state index in [1.54, 1.807) is 0 Å². The van der Waals surface area contributed by atoms with Gasteiger partial charge in [0.15, 0.2) is 0 Å². The van der Waals surface area contributed by atoms with E-state index in [9.17, 15) is 4.79 Å². The molecule has 0 spiro atoms. The van der Waals surface area contributed by atoms with Crippen LogP contribution in [0.3, 0.4) is 0 Å². The van der Waals surface area contributed by atoms with Crippen molar-refractivity contribution in [3.8, 4) is 0 Å². The summed E-state index contributed by atoms with van der Waals surface area (Å²) >= 11 is 0. The topological polar surface area (TPSA) is 40.5 Å². The third-order valence-electron chi connectivity index (χ3n) is 4.06. The molecule has 2 atom stereocenters. The summed E-state index contributed by atoms with van der Waals surface area (Å²) in [5.74, 6) is -0.275. The SMILES string of the molecule is CC(CC(CC(=O)O)N1CCCC1)c1ccccc1. The summed E-state index contributed by atoms with van der Waals surface area (Å²) in [6.07, 6.45) is 3.60. The number of carboxylic acids is 1. The van der Waals surface area contributed by atoms with Crippen LogP contribution in [0.25, 0.3) is 0 Å². The summed E-state index contributed by atoms with van der Waals surface area (Å²) in [4.78, 5) is 13.4. The second kappa shape index (κ2) is 6.71. The average molecular weight is 261 g/mol. The van der Waals surface area contributed by atoms with Crippen LogP contribution in [0.15, 0.2) is 30.3 Å². The molecule has 1 N–H and O–H groups in total. The zero-order chi connectivity index (χ0) is 13.7. The zero-order valence-corrected chi connectivity index (χ0v) is 11.6. The van der Waals surface area contributed by atoms with Gasteiger partial charge in [0.25, 0.3) is 0 Å². The van der Waals surface area contributed by atoms with Gasteiger partial charge < -0.3 is 5.11 Å². The molecular weight excluding hydrogens is 238 g/mol. The van der Waals surface area contributed by atoms with Crippen LogP contribution in [0.1, 0.15) is 44.1 Å². The lowest BCUT2D eigenvalue weighted by atomic mass is 9.92. The Morgan fingerprint density at radius 3 is 2.47 bits per heavy atom. The van der Waals surface area contributed by atoms with Crippen LogP contribution in [0.4, 0.5) is 0 Å². The van der Waals surface area contributed by atoms with Crippen molar-refractivity contribution < 1.29 is 9.90 Å². The van der Waals surface area contributed by atoms with Crippen molar-refractivity contribution in [3.63, 3.8) is 0 Å². The summed E-state index contributed by atoms with van der Waals surface area (Å²) in [5.41, 5.74) is 1.30. The minimum atomic E-state index is -0.683. The molecular formula is C16H23NO2. The van der Waals surface area contributed by atoms with E-state index in [4.69, 9.17) is 5.11 Å². The predicted octanol–water partition coefficient (Wildman–Crippen LogP) is 3.12. The molecule has 0 aliphatic carbocycles. The molecule has 1 fully saturated rings. The van der Waals surface area contributed by atoms with Gasteiger partial charge in [-0.25, -0.2) is 0 Å². The molecule has 0 radical (unpaired) electrons. The van der Waals surface area contributed by atoms with Crippen LogP contribution in [-0.4, -0.2) is 35.1 Å². The summed E-state index contributed by atoms with van der Waals surface area (Å²) in [6, 6.07) is 10.6. The highest BCUT2D eigenvalue weighted by Gasteiger charge is 2.26. The van der Waals surface area contributed by atoms with E-state index in [0.717, 1.165) is 19.5 Å². The Bertz CT molecular complexity index is 398. The Balaban J connectivity index is 2.00. The van der Waals surface area contributed by atoms with E-state index in [1.165, 1.54) is 18.4 Å². The second-order valence-corrected chi connectivity index (χ2v) is 5.54. The molecule has 3 heteroatoms. The number of carbonyl (C=O) groups is 1. The van der Waals surface area contributed by atoms with Gasteiger partial charge in [0.05, 0.1) is 6.42 Å². The van der Waals surface area contributed by atoms with Gasteiger partial charge in [-0.3, -0.25) is 9.69 Å². The van der Waals surface area contributed by atoms with Crippen molar-refractivity contribution >= 4 is 5.97 Å². The predicted molar refractivity (Wildman–Crippen MR) is 76.3 cm³/mol. The van der Waals surface area contributed by atoms with Crippen LogP contribution in [-0.2, 0) is 4.79 Å². The third kappa shape index (κ3) is 4.06. The first-order valence-electron chi connectivity index (χ1n) is 7.17. The molecule has 1 heterocycles. The molecule has 3 nitrogen and oxygen atoms in total. The smallest absolute Gasteiger partial charge is 0.304 e. The molecule has 0 aromatic heterocycles. The maximum Gasteiger partial charge on any atom is 0.304 e. The first-order valence-corrected chi connectivity index (χ1v) is 7.17. The van der Waals surface area contributed by atoms with E-state index < -0.39 is 5.97 Å². The van der Waals surface area contributed by atoms with Gasteiger partial charge >= 0.3 is 5.97 Å². The van der Waals surface area contributed by atoms with E-state index in [1.807, 2.05) is 18.2 Å². The molecule has 0 saturated carbocycles. The lowest BCUT2D eigenvalue weighted by molar-refractivity contribution is -0.138. The van der Waals surface area contributed by atoms with Gasteiger partial charge in [-0.1, -0.05) is 37.3 Å². The fraction of sp³-hybridized carbons (Fsp3) is 0.562. The molecule has 1 aliphatic heterocycles. The molecule has 1 aromatic carbocycles. The second-order valence-electron chi connectivity index (χ2n) is 5.54. The van der Waals surface area contributed by atoms with Gasteiger partial charge in [0, 0.05) is 6.04 Å². The highest BCUT2D eigenvalue weighted by atomic mass is 16.4. The van der Waals surface area contributed by atoms with Crippen LogP contribution >= 0.6 is 0 Å². The normalized spacial score (nSPS) is 19.2. The van der Waals surface area contributed by atoms with Gasteiger partial charge in [0.2, 0.25) is 0 Å². The van der Waals surface area contributed by atoms with Crippen molar-refractivity contribution in [2.24, 2.45) is 0 Å². The number of benzene rings is 1. The molecule has 19 heavy (non-hydrogen) atoms. The highest BCUT2D eigenvalue weighted by molar-refractivity contribution is 5.67. The largest absolute Gasteiger partial charge is 0.481 e. The van der Waals surface area contributed by atoms with Crippen molar-refractivity contribution in [2.75, 3.05) is 13.1 Å². The molecule has 1 aromatic rings. The first-order chi connectivity index (χ1) is 9.16. The fourth-order valence-electron chi connectivity index (χ4n) is 3.00. The van der Waals surface area contributed by atoms with Gasteiger partial charge in [-0.15, -0.1) is 0 Å². The van der Waals surface area contributed by atoms with Crippen molar-refractivity contribution in [2.45, 2.75) is 44.6 Å². The Kier molecular flexibility index (Phi) is 4.97. The highest BCUT2D eigenvalue weighted by Crippen LogP contribution is 2.26. The van der Waals surface area contributed by atoms with Crippen LogP contribution in [0.5, 0.6) is 0 Å². The number of carboxylic acid groups (broad SMARTS) is 1. The van der Waals surface area contributed by atoms with Gasteiger partial charge in [0.1, 0.15) is 0 Å². The lowest BCUT2D eigenvalue weighted by Crippen LogP contribution is -2.35. The van der Waals surface area contributed by atoms with Crippen LogP contribution in [0.2, 0.25) is 0 Å². The molecule has 1 aliphatic rings. The molecule has 2 rings (SSSR count). The quantitative estimate of drug-likeness (QED) is 0.855. The Labute approximate surface area is 115 Å². The van der Waals surface area contributed by atoms with Crippen molar-refractivity contribution in [3.05, 3.63) is 35.9 Å². The monoisotopic (exact) mass is 261 g/mol. The molecule has 104 valence electrons. The summed E-state index contributed by atoms with van der Waals surface area (Å²) in [7, 11) is 0. The Hall–Kier alpha value is -1.35. The van der Waals surface area contributed by atoms with E-state index in [-0.39, 0.29) is 12.5 Å². The van der Waals surface area contributed by atoms with E-state index >= 15 is 0 Å². The molecule has 1 saturated heterocycles. The average Bonchev–Trinajstić information content (AvgIpc) is 2.92. The molecule has 0 amide bonds. The number of hydrogen-bond donors (Lipinski definition) is 1. The van der Waals surface area contributed by atoms with Gasteiger partial charge in [-0.05, 0) is 43.8 Å². The standard InChI is InChI=1S/C16H23NO2/c1-13(14-7-3-2-4-8-14)11-15(12-16(18)19)17-9-5-6-10-17/h2-4,7-8,13,15H,5-6,9-12H2,1H3,(H,18,19). The minimum Gasteiger partial charge on any atom is -0.481 e. The fourth-order valence-corrected chi connectivity index (χ4v) is 3.00. The lowest BCUT2D eigenvalue weighted by Gasteiger charge is -2.28. The van der Waals surface area contributed by atoms with Crippen molar-refractivity contribution in [1.29, 1.82) is 0 Å². The van der Waals surface area contributed by atoms with E-state index in [0.29, 0.717) is 5.92 Å². The number of nitrogens with zero attached hydrogens (tertiary/aromatic N) is 1. The number of aliphatic carboxylic acids is 1. The van der Waals surface area contributed by atoms with Crippen LogP contribution < -0.4 is 0 Å². The molecule has 2 unspecified atom stereocenters. The Morgan fingerprint density at radius 1 is 1.26 bits per heavy atom. The minimum absolute atomic E-state index is 0.176.